The van der Waals surface area contributed by atoms with Crippen LogP contribution in [0, 0.1) is 28.6 Å². The maximum Gasteiger partial charge on any atom is 0.339 e. The number of thiazole rings is 1. The van der Waals surface area contributed by atoms with Crippen molar-refractivity contribution < 1.29 is 24.2 Å². The molecule has 0 spiro atoms. The summed E-state index contributed by atoms with van der Waals surface area (Å²) in [5, 5.41) is 12.0. The lowest BCUT2D eigenvalue weighted by molar-refractivity contribution is -0.180. The zero-order chi connectivity index (χ0) is 30.0. The van der Waals surface area contributed by atoms with Crippen molar-refractivity contribution in [2.45, 2.75) is 74.8 Å². The molecule has 0 bridgehead atoms. The molecule has 0 saturated heterocycles. The average Bonchev–Trinajstić information content (AvgIpc) is 3.55. The van der Waals surface area contributed by atoms with E-state index in [2.05, 4.69) is 13.8 Å². The number of hydrogen-bond donors (Lipinski definition) is 1. The van der Waals surface area contributed by atoms with Gasteiger partial charge in [-0.1, -0.05) is 61.5 Å². The van der Waals surface area contributed by atoms with Crippen molar-refractivity contribution in [3.8, 4) is 0 Å². The van der Waals surface area contributed by atoms with E-state index in [4.69, 9.17) is 9.72 Å². The fourth-order valence-corrected chi connectivity index (χ4v) is 11.3. The summed E-state index contributed by atoms with van der Waals surface area (Å²) < 4.78 is 8.34. The van der Waals surface area contributed by atoms with Gasteiger partial charge in [-0.3, -0.25) is 9.59 Å². The summed E-state index contributed by atoms with van der Waals surface area (Å²) in [5.41, 5.74) is 0.212. The smallest absolute Gasteiger partial charge is 0.339 e. The Hall–Kier alpha value is -2.81. The molecular formula is C35H37NO5S2. The van der Waals surface area contributed by atoms with Crippen molar-refractivity contribution in [2.75, 3.05) is 5.75 Å². The van der Waals surface area contributed by atoms with E-state index in [0.717, 1.165) is 40.2 Å². The molecule has 5 unspecified atom stereocenters. The standard InChI is InChI=1S/C35H37NO5S2/c1-33-16-14-23(37)18-22(33)12-13-24-25-15-17-35(34(25,2)19-27(38)30(24)33,41-31(40)21-8-4-3-5-9-21)29(39)20-42-32-36-26-10-6-7-11-28(26)43-32/h3-11,18,24-25,27,30,38H,12-17,19-20H2,1-2H3/t24?,25?,27-,30?,33?,34?,35-/m0/s1. The van der Waals surface area contributed by atoms with Gasteiger partial charge in [0.05, 0.1) is 27.6 Å². The van der Waals surface area contributed by atoms with Gasteiger partial charge >= 0.3 is 5.97 Å². The first-order chi connectivity index (χ1) is 20.6. The van der Waals surface area contributed by atoms with Crippen molar-refractivity contribution in [1.29, 1.82) is 0 Å². The van der Waals surface area contributed by atoms with E-state index in [1.807, 2.05) is 36.4 Å². The quantitative estimate of drug-likeness (QED) is 0.235. The average molecular weight is 616 g/mol. The third-order valence-corrected chi connectivity index (χ3v) is 13.5. The van der Waals surface area contributed by atoms with E-state index < -0.39 is 23.1 Å². The van der Waals surface area contributed by atoms with Crippen molar-refractivity contribution in [3.63, 3.8) is 0 Å². The molecule has 1 aromatic heterocycles. The fraction of sp³-hybridized carbons (Fsp3) is 0.486. The Morgan fingerprint density at radius 3 is 2.60 bits per heavy atom. The number of Topliss-reactive ketones (excluding diaryl/α,β-unsaturated/α-hetero) is 1. The molecule has 0 aliphatic heterocycles. The zero-order valence-corrected chi connectivity index (χ0v) is 26.2. The molecule has 0 radical (unpaired) electrons. The number of ketones is 2. The van der Waals surface area contributed by atoms with Crippen LogP contribution in [0.25, 0.3) is 10.2 Å². The molecule has 3 fully saturated rings. The molecule has 7 rings (SSSR count). The van der Waals surface area contributed by atoms with Gasteiger partial charge in [0, 0.05) is 11.8 Å². The Labute approximate surface area is 260 Å². The van der Waals surface area contributed by atoms with E-state index in [1.54, 1.807) is 35.6 Å². The van der Waals surface area contributed by atoms with Crippen molar-refractivity contribution in [3.05, 3.63) is 71.8 Å². The van der Waals surface area contributed by atoms with Gasteiger partial charge < -0.3 is 9.84 Å². The minimum absolute atomic E-state index is 0.0199. The highest BCUT2D eigenvalue weighted by atomic mass is 32.2. The number of carbonyl (C=O) groups is 3. The number of para-hydroxylation sites is 1. The maximum absolute atomic E-state index is 14.5. The van der Waals surface area contributed by atoms with Crippen molar-refractivity contribution >= 4 is 50.9 Å². The number of thioether (sulfide) groups is 1. The first-order valence-corrected chi connectivity index (χ1v) is 17.2. The van der Waals surface area contributed by atoms with Gasteiger partial charge in [0.25, 0.3) is 0 Å². The van der Waals surface area contributed by atoms with E-state index in [1.165, 1.54) is 17.3 Å². The molecule has 4 aliphatic rings. The highest BCUT2D eigenvalue weighted by Crippen LogP contribution is 2.68. The maximum atomic E-state index is 14.5. The number of fused-ring (bicyclic) bond motifs is 6. The number of hydrogen-bond acceptors (Lipinski definition) is 8. The Balaban J connectivity index is 1.23. The Morgan fingerprint density at radius 1 is 1.05 bits per heavy atom. The van der Waals surface area contributed by atoms with E-state index in [-0.39, 0.29) is 40.5 Å². The zero-order valence-electron chi connectivity index (χ0n) is 24.6. The van der Waals surface area contributed by atoms with Gasteiger partial charge in [-0.2, -0.15) is 0 Å². The molecular weight excluding hydrogens is 579 g/mol. The summed E-state index contributed by atoms with van der Waals surface area (Å²) in [7, 11) is 0. The Bertz CT molecular complexity index is 1600. The van der Waals surface area contributed by atoms with Crippen LogP contribution in [0.2, 0.25) is 0 Å². The van der Waals surface area contributed by atoms with Crippen LogP contribution in [0.15, 0.2) is 70.6 Å². The molecule has 3 aromatic rings. The highest BCUT2D eigenvalue weighted by molar-refractivity contribution is 8.01. The lowest BCUT2D eigenvalue weighted by Gasteiger charge is -2.60. The number of rotatable bonds is 6. The second-order valence-corrected chi connectivity index (χ2v) is 15.6. The summed E-state index contributed by atoms with van der Waals surface area (Å²) in [4.78, 5) is 45.2. The first-order valence-electron chi connectivity index (χ1n) is 15.4. The van der Waals surface area contributed by atoms with Crippen molar-refractivity contribution in [1.82, 2.24) is 4.98 Å². The van der Waals surface area contributed by atoms with Gasteiger partial charge in [0.15, 0.2) is 21.5 Å². The van der Waals surface area contributed by atoms with Crippen LogP contribution in [0.4, 0.5) is 0 Å². The Kier molecular flexibility index (Phi) is 7.18. The molecule has 43 heavy (non-hydrogen) atoms. The minimum Gasteiger partial charge on any atom is -0.447 e. The number of aliphatic hydroxyl groups is 1. The molecule has 3 saturated carbocycles. The molecule has 8 heteroatoms. The summed E-state index contributed by atoms with van der Waals surface area (Å²) in [6, 6.07) is 16.8. The molecule has 2 aromatic carbocycles. The third-order valence-electron chi connectivity index (χ3n) is 11.3. The molecule has 224 valence electrons. The van der Waals surface area contributed by atoms with E-state index >= 15 is 0 Å². The fourth-order valence-electron chi connectivity index (χ4n) is 9.31. The third kappa shape index (κ3) is 4.55. The van der Waals surface area contributed by atoms with Gasteiger partial charge in [-0.25, -0.2) is 9.78 Å². The predicted octanol–water partition coefficient (Wildman–Crippen LogP) is 7.06. The first kappa shape index (κ1) is 28.9. The number of esters is 1. The highest BCUT2D eigenvalue weighted by Gasteiger charge is 2.70. The van der Waals surface area contributed by atoms with Crippen LogP contribution in [-0.2, 0) is 14.3 Å². The monoisotopic (exact) mass is 615 g/mol. The number of benzene rings is 2. The largest absolute Gasteiger partial charge is 0.447 e. The summed E-state index contributed by atoms with van der Waals surface area (Å²) >= 11 is 2.96. The van der Waals surface area contributed by atoms with Gasteiger partial charge in [0.2, 0.25) is 0 Å². The number of carbonyl (C=O) groups excluding carboxylic acids is 3. The van der Waals surface area contributed by atoms with E-state index in [0.29, 0.717) is 24.8 Å². The number of nitrogens with zero attached hydrogens (tertiary/aromatic N) is 1. The topological polar surface area (TPSA) is 93.6 Å². The van der Waals surface area contributed by atoms with E-state index in [9.17, 15) is 19.5 Å². The normalized spacial score (nSPS) is 35.0. The lowest BCUT2D eigenvalue weighted by atomic mass is 9.45. The molecule has 1 heterocycles. The van der Waals surface area contributed by atoms with Gasteiger partial charge in [-0.15, -0.1) is 11.3 Å². The summed E-state index contributed by atoms with van der Waals surface area (Å²) in [6.07, 6.45) is 5.74. The van der Waals surface area contributed by atoms with Gasteiger partial charge in [0.1, 0.15) is 0 Å². The number of aromatic nitrogens is 1. The number of aliphatic hydroxyl groups excluding tert-OH is 1. The SMILES string of the molecule is CC12CCC(=O)C=C1CCC1C2[C@@H](O)CC2(C)C1CC[C@]2(OC(=O)c1ccccc1)C(=O)CSc1nc2ccccc2s1. The molecule has 7 atom stereocenters. The number of allylic oxidation sites excluding steroid dienone is 1. The predicted molar refractivity (Wildman–Crippen MR) is 168 cm³/mol. The Morgan fingerprint density at radius 2 is 1.81 bits per heavy atom. The van der Waals surface area contributed by atoms with Crippen LogP contribution in [0.5, 0.6) is 0 Å². The molecule has 4 aliphatic carbocycles. The summed E-state index contributed by atoms with van der Waals surface area (Å²) in [5.74, 6) is 0.0484. The van der Waals surface area contributed by atoms with Gasteiger partial charge in [-0.05, 0) is 92.0 Å². The molecule has 0 amide bonds. The van der Waals surface area contributed by atoms with Crippen molar-refractivity contribution in [2.24, 2.45) is 28.6 Å². The van der Waals surface area contributed by atoms with Crippen LogP contribution in [0.1, 0.15) is 69.2 Å². The van der Waals surface area contributed by atoms with Crippen LogP contribution in [-0.4, -0.2) is 45.1 Å². The lowest BCUT2D eigenvalue weighted by Crippen LogP contribution is -2.63. The van der Waals surface area contributed by atoms with Crippen LogP contribution < -0.4 is 0 Å². The second kappa shape index (κ2) is 10.7. The summed E-state index contributed by atoms with van der Waals surface area (Å²) in [6.45, 7) is 4.31. The molecule has 1 N–H and O–H groups in total. The van der Waals surface area contributed by atoms with Crippen LogP contribution >= 0.6 is 23.1 Å². The molecule has 6 nitrogen and oxygen atoms in total. The number of ether oxygens (including phenoxy) is 1. The minimum atomic E-state index is -1.35. The second-order valence-electron chi connectivity index (χ2n) is 13.4. The van der Waals surface area contributed by atoms with Crippen LogP contribution in [0.3, 0.4) is 0 Å².